The Morgan fingerprint density at radius 1 is 1.36 bits per heavy atom. The maximum Gasteiger partial charge on any atom is 0.00966 e. The van der Waals surface area contributed by atoms with Crippen LogP contribution < -0.4 is 5.73 Å². The molecule has 2 N–H and O–H groups in total. The molecule has 1 heterocycles. The number of hydrogen-bond acceptors (Lipinski definition) is 3. The van der Waals surface area contributed by atoms with Crippen LogP contribution in [0.1, 0.15) is 19.3 Å². The first kappa shape index (κ1) is 10.4. The van der Waals surface area contributed by atoms with Crippen molar-refractivity contribution in [1.82, 2.24) is 9.80 Å². The summed E-state index contributed by atoms with van der Waals surface area (Å²) >= 11 is 0. The van der Waals surface area contributed by atoms with Crippen LogP contribution >= 0.6 is 0 Å². The molecule has 1 saturated heterocycles. The number of nitrogens with two attached hydrogens (primary N) is 1. The van der Waals surface area contributed by atoms with Crippen LogP contribution in [0.4, 0.5) is 0 Å². The summed E-state index contributed by atoms with van der Waals surface area (Å²) in [5.74, 6) is 0.929. The Hall–Kier alpha value is -0.120. The first-order valence-corrected chi connectivity index (χ1v) is 5.92. The van der Waals surface area contributed by atoms with Crippen molar-refractivity contribution in [2.45, 2.75) is 25.3 Å². The fourth-order valence-electron chi connectivity index (χ4n) is 2.36. The molecular formula is C11H23N3. The summed E-state index contributed by atoms with van der Waals surface area (Å²) in [6.45, 7) is 5.94. The fourth-order valence-corrected chi connectivity index (χ4v) is 2.36. The summed E-state index contributed by atoms with van der Waals surface area (Å²) in [5, 5.41) is 0. The van der Waals surface area contributed by atoms with Crippen molar-refractivity contribution in [2.24, 2.45) is 11.7 Å². The molecule has 0 unspecified atom stereocenters. The predicted octanol–water partition coefficient (Wildman–Crippen LogP) is 0.361. The van der Waals surface area contributed by atoms with Gasteiger partial charge < -0.3 is 10.6 Å². The van der Waals surface area contributed by atoms with E-state index in [0.29, 0.717) is 0 Å². The lowest BCUT2D eigenvalue weighted by Crippen LogP contribution is -2.51. The van der Waals surface area contributed by atoms with Gasteiger partial charge in [0.25, 0.3) is 0 Å². The minimum Gasteiger partial charge on any atom is -0.330 e. The van der Waals surface area contributed by atoms with Gasteiger partial charge in [-0.3, -0.25) is 4.90 Å². The SMILES string of the molecule is CN(CCCN)CC1CN(C2CC2)C1. The molecule has 82 valence electrons. The average molecular weight is 197 g/mol. The van der Waals surface area contributed by atoms with Crippen molar-refractivity contribution in [3.05, 3.63) is 0 Å². The van der Waals surface area contributed by atoms with Gasteiger partial charge in [-0.25, -0.2) is 0 Å². The van der Waals surface area contributed by atoms with E-state index in [1.54, 1.807) is 0 Å². The van der Waals surface area contributed by atoms with E-state index in [1.165, 1.54) is 32.5 Å². The summed E-state index contributed by atoms with van der Waals surface area (Å²) in [6, 6.07) is 0.973. The van der Waals surface area contributed by atoms with Crippen molar-refractivity contribution in [2.75, 3.05) is 39.8 Å². The molecule has 0 aromatic rings. The number of nitrogens with zero attached hydrogens (tertiary/aromatic N) is 2. The average Bonchev–Trinajstić information content (AvgIpc) is 2.90. The van der Waals surface area contributed by atoms with E-state index in [9.17, 15) is 0 Å². The molecule has 0 amide bonds. The highest BCUT2D eigenvalue weighted by Crippen LogP contribution is 2.32. The van der Waals surface area contributed by atoms with E-state index in [4.69, 9.17) is 5.73 Å². The summed E-state index contributed by atoms with van der Waals surface area (Å²) in [4.78, 5) is 5.07. The Morgan fingerprint density at radius 2 is 2.07 bits per heavy atom. The molecule has 0 bridgehead atoms. The highest BCUT2D eigenvalue weighted by molar-refractivity contribution is 4.93. The van der Waals surface area contributed by atoms with Gasteiger partial charge in [0.1, 0.15) is 0 Å². The van der Waals surface area contributed by atoms with Crippen LogP contribution in [0, 0.1) is 5.92 Å². The van der Waals surface area contributed by atoms with Crippen molar-refractivity contribution in [1.29, 1.82) is 0 Å². The Balaban J connectivity index is 1.53. The van der Waals surface area contributed by atoms with Crippen LogP contribution in [-0.2, 0) is 0 Å². The molecular weight excluding hydrogens is 174 g/mol. The molecule has 0 atom stereocenters. The topological polar surface area (TPSA) is 32.5 Å². The number of hydrogen-bond donors (Lipinski definition) is 1. The van der Waals surface area contributed by atoms with Crippen LogP contribution in [0.5, 0.6) is 0 Å². The first-order chi connectivity index (χ1) is 6.79. The lowest BCUT2D eigenvalue weighted by atomic mass is 9.99. The Labute approximate surface area is 87.2 Å². The highest BCUT2D eigenvalue weighted by atomic mass is 15.3. The van der Waals surface area contributed by atoms with Crippen LogP contribution in [0.3, 0.4) is 0 Å². The molecule has 1 aliphatic heterocycles. The van der Waals surface area contributed by atoms with Crippen molar-refractivity contribution < 1.29 is 0 Å². The smallest absolute Gasteiger partial charge is 0.00966 e. The van der Waals surface area contributed by atoms with Crippen LogP contribution in [-0.4, -0.2) is 55.6 Å². The van der Waals surface area contributed by atoms with E-state index in [0.717, 1.165) is 31.5 Å². The second-order valence-electron chi connectivity index (χ2n) is 4.96. The van der Waals surface area contributed by atoms with Gasteiger partial charge in [-0.1, -0.05) is 0 Å². The standard InChI is InChI=1S/C11H23N3/c1-13(6-2-5-12)7-10-8-14(9-10)11-3-4-11/h10-11H,2-9,12H2,1H3. The van der Waals surface area contributed by atoms with Gasteiger partial charge in [-0.05, 0) is 45.3 Å². The number of rotatable bonds is 6. The van der Waals surface area contributed by atoms with Crippen LogP contribution in [0.2, 0.25) is 0 Å². The largest absolute Gasteiger partial charge is 0.330 e. The molecule has 0 spiro atoms. The molecule has 1 aliphatic carbocycles. The molecule has 1 saturated carbocycles. The van der Waals surface area contributed by atoms with E-state index in [2.05, 4.69) is 16.8 Å². The van der Waals surface area contributed by atoms with Gasteiger partial charge in [0.15, 0.2) is 0 Å². The third kappa shape index (κ3) is 2.69. The normalized spacial score (nSPS) is 24.2. The minimum atomic E-state index is 0.823. The summed E-state index contributed by atoms with van der Waals surface area (Å²) in [5.41, 5.74) is 5.49. The molecule has 0 aromatic carbocycles. The maximum atomic E-state index is 5.49. The van der Waals surface area contributed by atoms with E-state index < -0.39 is 0 Å². The first-order valence-electron chi connectivity index (χ1n) is 5.92. The molecule has 0 radical (unpaired) electrons. The van der Waals surface area contributed by atoms with Crippen molar-refractivity contribution in [3.63, 3.8) is 0 Å². The van der Waals surface area contributed by atoms with Gasteiger partial charge in [0, 0.05) is 25.7 Å². The summed E-state index contributed by atoms with van der Waals surface area (Å²) in [7, 11) is 2.22. The summed E-state index contributed by atoms with van der Waals surface area (Å²) in [6.07, 6.45) is 4.04. The predicted molar refractivity (Wildman–Crippen MR) is 59.3 cm³/mol. The Bertz CT molecular complexity index is 173. The molecule has 3 nitrogen and oxygen atoms in total. The quantitative estimate of drug-likeness (QED) is 0.667. The monoisotopic (exact) mass is 197 g/mol. The Kier molecular flexibility index (Phi) is 3.42. The van der Waals surface area contributed by atoms with Gasteiger partial charge in [0.05, 0.1) is 0 Å². The van der Waals surface area contributed by atoms with Gasteiger partial charge in [0.2, 0.25) is 0 Å². The zero-order valence-electron chi connectivity index (χ0n) is 9.28. The maximum absolute atomic E-state index is 5.49. The lowest BCUT2D eigenvalue weighted by Gasteiger charge is -2.41. The van der Waals surface area contributed by atoms with Gasteiger partial charge in [-0.15, -0.1) is 0 Å². The second-order valence-corrected chi connectivity index (χ2v) is 4.96. The van der Waals surface area contributed by atoms with Gasteiger partial charge >= 0.3 is 0 Å². The third-order valence-electron chi connectivity index (χ3n) is 3.36. The summed E-state index contributed by atoms with van der Waals surface area (Å²) < 4.78 is 0. The van der Waals surface area contributed by atoms with Crippen LogP contribution in [0.25, 0.3) is 0 Å². The second kappa shape index (κ2) is 4.60. The lowest BCUT2D eigenvalue weighted by molar-refractivity contribution is 0.0669. The van der Waals surface area contributed by atoms with E-state index in [-0.39, 0.29) is 0 Å². The highest BCUT2D eigenvalue weighted by Gasteiger charge is 2.37. The number of likely N-dealkylation sites (tertiary alicyclic amines) is 1. The van der Waals surface area contributed by atoms with Crippen molar-refractivity contribution >= 4 is 0 Å². The molecule has 14 heavy (non-hydrogen) atoms. The fraction of sp³-hybridized carbons (Fsp3) is 1.00. The van der Waals surface area contributed by atoms with E-state index in [1.807, 2.05) is 0 Å². The molecule has 2 aliphatic rings. The van der Waals surface area contributed by atoms with Crippen LogP contribution in [0.15, 0.2) is 0 Å². The third-order valence-corrected chi connectivity index (χ3v) is 3.36. The van der Waals surface area contributed by atoms with Crippen molar-refractivity contribution in [3.8, 4) is 0 Å². The molecule has 2 fully saturated rings. The molecule has 3 heteroatoms. The zero-order valence-corrected chi connectivity index (χ0v) is 9.28. The zero-order chi connectivity index (χ0) is 9.97. The molecule has 0 aromatic heterocycles. The van der Waals surface area contributed by atoms with E-state index >= 15 is 0 Å². The molecule has 2 rings (SSSR count). The van der Waals surface area contributed by atoms with Gasteiger partial charge in [-0.2, -0.15) is 0 Å². The minimum absolute atomic E-state index is 0.823. The Morgan fingerprint density at radius 3 is 2.64 bits per heavy atom.